The van der Waals surface area contributed by atoms with Gasteiger partial charge in [-0.05, 0) is 54.1 Å². The highest BCUT2D eigenvalue weighted by molar-refractivity contribution is 7.15. The number of hydrogen-bond donors (Lipinski definition) is 0. The number of ether oxygens (including phenoxy) is 1. The molecular formula is C23H13ClN2O3S. The Hall–Kier alpha value is -3.48. The van der Waals surface area contributed by atoms with Gasteiger partial charge in [0.25, 0.3) is 5.56 Å². The van der Waals surface area contributed by atoms with Crippen molar-refractivity contribution in [2.45, 2.75) is 0 Å². The molecule has 0 radical (unpaired) electrons. The molecular weight excluding hydrogens is 420 g/mol. The predicted molar refractivity (Wildman–Crippen MR) is 118 cm³/mol. The molecule has 7 heteroatoms. The van der Waals surface area contributed by atoms with E-state index in [0.29, 0.717) is 25.8 Å². The molecule has 0 unspecified atom stereocenters. The van der Waals surface area contributed by atoms with Gasteiger partial charge >= 0.3 is 5.97 Å². The molecule has 0 aliphatic heterocycles. The van der Waals surface area contributed by atoms with E-state index in [2.05, 4.69) is 4.98 Å². The molecule has 2 heterocycles. The van der Waals surface area contributed by atoms with Gasteiger partial charge in [0.05, 0.1) is 21.1 Å². The van der Waals surface area contributed by atoms with Crippen molar-refractivity contribution < 1.29 is 9.53 Å². The van der Waals surface area contributed by atoms with Gasteiger partial charge in [0.15, 0.2) is 4.96 Å². The third-order valence-corrected chi connectivity index (χ3v) is 5.78. The Balaban J connectivity index is 1.50. The highest BCUT2D eigenvalue weighted by atomic mass is 35.5. The number of hydrogen-bond acceptors (Lipinski definition) is 5. The summed E-state index contributed by atoms with van der Waals surface area (Å²) in [6.45, 7) is 0. The fourth-order valence-electron chi connectivity index (χ4n) is 3.21. The highest BCUT2D eigenvalue weighted by Gasteiger charge is 2.11. The highest BCUT2D eigenvalue weighted by Crippen LogP contribution is 2.19. The van der Waals surface area contributed by atoms with E-state index in [9.17, 15) is 9.59 Å². The van der Waals surface area contributed by atoms with E-state index >= 15 is 0 Å². The summed E-state index contributed by atoms with van der Waals surface area (Å²) in [6, 6.07) is 21.1. The quantitative estimate of drug-likeness (QED) is 0.314. The summed E-state index contributed by atoms with van der Waals surface area (Å²) in [7, 11) is 0. The van der Waals surface area contributed by atoms with E-state index in [1.165, 1.54) is 11.3 Å². The monoisotopic (exact) mass is 432 g/mol. The summed E-state index contributed by atoms with van der Waals surface area (Å²) in [5.74, 6) is -0.117. The summed E-state index contributed by atoms with van der Waals surface area (Å²) >= 11 is 7.26. The maximum Gasteiger partial charge on any atom is 0.343 e. The zero-order valence-electron chi connectivity index (χ0n) is 15.4. The molecule has 5 aromatic rings. The van der Waals surface area contributed by atoms with Gasteiger partial charge in [0.1, 0.15) is 5.75 Å². The van der Waals surface area contributed by atoms with Gasteiger partial charge in [-0.3, -0.25) is 4.79 Å². The summed E-state index contributed by atoms with van der Waals surface area (Å²) in [4.78, 5) is 30.4. The number of halogens is 1. The number of fused-ring (bicyclic) bond motifs is 3. The molecule has 0 saturated heterocycles. The Bertz CT molecular complexity index is 1540. The van der Waals surface area contributed by atoms with Gasteiger partial charge in [0, 0.05) is 5.02 Å². The molecule has 2 aromatic heterocycles. The Morgan fingerprint density at radius 1 is 1.03 bits per heavy atom. The lowest BCUT2D eigenvalue weighted by molar-refractivity contribution is 0.0735. The van der Waals surface area contributed by atoms with Crippen LogP contribution >= 0.6 is 22.9 Å². The van der Waals surface area contributed by atoms with Crippen molar-refractivity contribution in [3.63, 3.8) is 0 Å². The van der Waals surface area contributed by atoms with Crippen LogP contribution in [0.15, 0.2) is 77.6 Å². The first-order valence-corrected chi connectivity index (χ1v) is 10.3. The van der Waals surface area contributed by atoms with Crippen LogP contribution in [0, 0.1) is 0 Å². The minimum absolute atomic E-state index is 0.120. The van der Waals surface area contributed by atoms with Gasteiger partial charge < -0.3 is 4.74 Å². The number of rotatable bonds is 3. The van der Waals surface area contributed by atoms with Crippen LogP contribution in [0.1, 0.15) is 15.9 Å². The molecule has 0 aliphatic carbocycles. The molecule has 5 rings (SSSR count). The summed E-state index contributed by atoms with van der Waals surface area (Å²) < 4.78 is 7.63. The van der Waals surface area contributed by atoms with Crippen molar-refractivity contribution in [1.29, 1.82) is 0 Å². The number of carbonyl (C=O) groups is 1. The van der Waals surface area contributed by atoms with Crippen LogP contribution in [-0.4, -0.2) is 15.4 Å². The van der Waals surface area contributed by atoms with Crippen LogP contribution in [0.5, 0.6) is 5.75 Å². The van der Waals surface area contributed by atoms with E-state index < -0.39 is 5.97 Å². The van der Waals surface area contributed by atoms with E-state index in [0.717, 1.165) is 16.6 Å². The molecule has 0 amide bonds. The van der Waals surface area contributed by atoms with Crippen LogP contribution in [0.3, 0.4) is 0 Å². The number of para-hydroxylation sites is 2. The van der Waals surface area contributed by atoms with Crippen molar-refractivity contribution in [2.75, 3.05) is 0 Å². The first-order valence-electron chi connectivity index (χ1n) is 9.08. The number of thiazole rings is 1. The standard InChI is InChI=1S/C23H13ClN2O3S/c24-16-7-4-6-15(13-16)22(28)29-17-8-3-5-14(11-17)12-20-21(27)26-19-10-2-1-9-18(19)25-23(26)30-20/h1-13H/b20-12-. The molecule has 146 valence electrons. The fraction of sp³-hybridized carbons (Fsp3) is 0. The Labute approximate surface area is 179 Å². The second-order valence-corrected chi connectivity index (χ2v) is 8.05. The minimum Gasteiger partial charge on any atom is -0.423 e. The molecule has 5 nitrogen and oxygen atoms in total. The summed E-state index contributed by atoms with van der Waals surface area (Å²) in [6.07, 6.45) is 1.77. The number of benzene rings is 3. The second-order valence-electron chi connectivity index (χ2n) is 6.61. The number of imidazole rings is 1. The molecule has 0 spiro atoms. The van der Waals surface area contributed by atoms with Crippen molar-refractivity contribution in [3.8, 4) is 5.75 Å². The largest absolute Gasteiger partial charge is 0.423 e. The first-order chi connectivity index (χ1) is 14.6. The third kappa shape index (κ3) is 3.36. The second kappa shape index (κ2) is 7.40. The van der Waals surface area contributed by atoms with Gasteiger partial charge in [-0.1, -0.05) is 53.3 Å². The molecule has 30 heavy (non-hydrogen) atoms. The van der Waals surface area contributed by atoms with Crippen LogP contribution in [0.2, 0.25) is 5.02 Å². The molecule has 0 aliphatic rings. The number of carbonyl (C=O) groups excluding carboxylic acids is 1. The van der Waals surface area contributed by atoms with Crippen molar-refractivity contribution in [1.82, 2.24) is 9.38 Å². The zero-order valence-corrected chi connectivity index (χ0v) is 17.0. The third-order valence-electron chi connectivity index (χ3n) is 4.57. The lowest BCUT2D eigenvalue weighted by Gasteiger charge is -2.05. The molecule has 3 aromatic carbocycles. The maximum absolute atomic E-state index is 12.9. The molecule has 0 atom stereocenters. The normalized spacial score (nSPS) is 12.0. The van der Waals surface area contributed by atoms with Crippen LogP contribution in [0.4, 0.5) is 0 Å². The SMILES string of the molecule is O=C(Oc1cccc(/C=c2\sc3nc4ccccc4n3c2=O)c1)c1cccc(Cl)c1. The number of esters is 1. The summed E-state index contributed by atoms with van der Waals surface area (Å²) in [5, 5.41) is 0.463. The first kappa shape index (κ1) is 18.5. The average molecular weight is 433 g/mol. The molecule has 0 saturated carbocycles. The Kier molecular flexibility index (Phi) is 4.58. The van der Waals surface area contributed by atoms with Crippen molar-refractivity contribution in [3.05, 3.63) is 104 Å². The molecule has 0 fully saturated rings. The van der Waals surface area contributed by atoms with E-state index in [1.807, 2.05) is 30.3 Å². The fourth-order valence-corrected chi connectivity index (χ4v) is 4.39. The lowest BCUT2D eigenvalue weighted by atomic mass is 10.2. The predicted octanol–water partition coefficient (Wildman–Crippen LogP) is 4.33. The topological polar surface area (TPSA) is 60.7 Å². The van der Waals surface area contributed by atoms with Gasteiger partial charge in [0.2, 0.25) is 0 Å². The van der Waals surface area contributed by atoms with E-state index in [4.69, 9.17) is 16.3 Å². The van der Waals surface area contributed by atoms with Crippen molar-refractivity contribution in [2.24, 2.45) is 0 Å². The van der Waals surface area contributed by atoms with Crippen LogP contribution in [-0.2, 0) is 0 Å². The Morgan fingerprint density at radius 3 is 2.73 bits per heavy atom. The maximum atomic E-state index is 12.9. The summed E-state index contributed by atoms with van der Waals surface area (Å²) in [5.41, 5.74) is 2.58. The van der Waals surface area contributed by atoms with E-state index in [1.54, 1.807) is 52.9 Å². The Morgan fingerprint density at radius 2 is 1.87 bits per heavy atom. The van der Waals surface area contributed by atoms with Crippen LogP contribution < -0.4 is 14.8 Å². The number of nitrogens with zero attached hydrogens (tertiary/aromatic N) is 2. The minimum atomic E-state index is -0.500. The zero-order chi connectivity index (χ0) is 20.7. The smallest absolute Gasteiger partial charge is 0.343 e. The van der Waals surface area contributed by atoms with E-state index in [-0.39, 0.29) is 5.56 Å². The van der Waals surface area contributed by atoms with Crippen LogP contribution in [0.25, 0.3) is 22.1 Å². The number of aromatic nitrogens is 2. The molecule has 0 bridgehead atoms. The van der Waals surface area contributed by atoms with Gasteiger partial charge in [-0.2, -0.15) is 0 Å². The average Bonchev–Trinajstić information content (AvgIpc) is 3.24. The lowest BCUT2D eigenvalue weighted by Crippen LogP contribution is -2.22. The van der Waals surface area contributed by atoms with Gasteiger partial charge in [-0.15, -0.1) is 0 Å². The van der Waals surface area contributed by atoms with Crippen molar-refractivity contribution >= 4 is 51.0 Å². The van der Waals surface area contributed by atoms with Gasteiger partial charge in [-0.25, -0.2) is 14.2 Å². The molecule has 0 N–H and O–H groups in total.